The molecule has 1 aliphatic heterocycles. The highest BCUT2D eigenvalue weighted by Crippen LogP contribution is 2.55. The average Bonchev–Trinajstić information content (AvgIpc) is 3.07. The largest absolute Gasteiger partial charge is 0.333 e. The molecule has 2 heterocycles. The lowest BCUT2D eigenvalue weighted by Crippen LogP contribution is -2.62. The highest BCUT2D eigenvalue weighted by Gasteiger charge is 2.52. The van der Waals surface area contributed by atoms with Crippen molar-refractivity contribution in [2.24, 2.45) is 24.8 Å². The van der Waals surface area contributed by atoms with Crippen molar-refractivity contribution in [1.82, 2.24) is 25.0 Å². The lowest BCUT2D eigenvalue weighted by Gasteiger charge is -2.57. The molecule has 1 saturated heterocycles. The summed E-state index contributed by atoms with van der Waals surface area (Å²) in [6, 6.07) is -0.00328. The first kappa shape index (κ1) is 18.4. The highest BCUT2D eigenvalue weighted by molar-refractivity contribution is 7.91. The summed E-state index contributed by atoms with van der Waals surface area (Å²) in [4.78, 5) is 14.8. The normalized spacial score (nSPS) is 35.3. The van der Waals surface area contributed by atoms with Gasteiger partial charge in [0.1, 0.15) is 6.33 Å². The Morgan fingerprint density at radius 2 is 1.68 bits per heavy atom. The Bertz CT molecular complexity index is 837. The van der Waals surface area contributed by atoms with E-state index in [0.29, 0.717) is 25.9 Å². The molecule has 0 radical (unpaired) electrons. The first-order valence-corrected chi connectivity index (χ1v) is 12.0. The molecule has 0 spiro atoms. The molecule has 154 valence electrons. The number of rotatable bonds is 3. The van der Waals surface area contributed by atoms with E-state index in [9.17, 15) is 13.2 Å². The summed E-state index contributed by atoms with van der Waals surface area (Å²) in [6.07, 6.45) is 9.72. The molecular weight excluding hydrogens is 378 g/mol. The number of sulfone groups is 1. The maximum absolute atomic E-state index is 13.0. The number of urea groups is 1. The van der Waals surface area contributed by atoms with Gasteiger partial charge in [0, 0.05) is 25.7 Å². The second kappa shape index (κ2) is 6.43. The standard InChI is InChI=1S/C19H29N5O3S/c1-23-12-20-22-18(23)28(26,27)16-2-4-24(5-3-16)17(25)21-19-9-13-6-14(10-19)8-15(7-13)11-19/h12-16H,2-11H2,1H3,(H,21,25). The molecule has 1 N–H and O–H groups in total. The Kier molecular flexibility index (Phi) is 4.23. The predicted octanol–water partition coefficient (Wildman–Crippen LogP) is 1.73. The molecule has 4 aliphatic carbocycles. The number of nitrogens with one attached hydrogen (secondary N) is 1. The predicted molar refractivity (Wildman–Crippen MR) is 102 cm³/mol. The van der Waals surface area contributed by atoms with Gasteiger partial charge in [-0.1, -0.05) is 0 Å². The minimum absolute atomic E-state index is 0.00328. The third kappa shape index (κ3) is 3.02. The van der Waals surface area contributed by atoms with Gasteiger partial charge in [0.05, 0.1) is 5.25 Å². The summed E-state index contributed by atoms with van der Waals surface area (Å²) in [5, 5.41) is 10.4. The number of aromatic nitrogens is 3. The summed E-state index contributed by atoms with van der Waals surface area (Å²) in [6.45, 7) is 0.944. The SMILES string of the molecule is Cn1cnnc1S(=O)(=O)C1CCN(C(=O)NC23CC4CC(CC(C4)C2)C3)CC1. The fraction of sp³-hybridized carbons (Fsp3) is 0.842. The van der Waals surface area contributed by atoms with Crippen LogP contribution in [0.25, 0.3) is 0 Å². The zero-order valence-corrected chi connectivity index (χ0v) is 17.2. The number of carbonyl (C=O) groups is 1. The van der Waals surface area contributed by atoms with E-state index < -0.39 is 15.1 Å². The van der Waals surface area contributed by atoms with E-state index in [1.54, 1.807) is 11.9 Å². The molecule has 5 aliphatic rings. The minimum atomic E-state index is -3.51. The van der Waals surface area contributed by atoms with E-state index >= 15 is 0 Å². The number of hydrogen-bond acceptors (Lipinski definition) is 5. The van der Waals surface area contributed by atoms with Gasteiger partial charge in [-0.05, 0) is 69.1 Å². The first-order valence-electron chi connectivity index (χ1n) is 10.5. The lowest BCUT2D eigenvalue weighted by atomic mass is 9.53. The van der Waals surface area contributed by atoms with Crippen molar-refractivity contribution in [2.45, 2.75) is 67.3 Å². The summed E-state index contributed by atoms with van der Waals surface area (Å²) in [5.41, 5.74) is -0.00656. The van der Waals surface area contributed by atoms with Gasteiger partial charge in [0.25, 0.3) is 0 Å². The number of carbonyl (C=O) groups excluding carboxylic acids is 1. The Morgan fingerprint density at radius 3 is 2.18 bits per heavy atom. The average molecular weight is 408 g/mol. The molecule has 0 unspecified atom stereocenters. The fourth-order valence-corrected chi connectivity index (χ4v) is 8.36. The maximum Gasteiger partial charge on any atom is 0.317 e. The summed E-state index contributed by atoms with van der Waals surface area (Å²) in [5.74, 6) is 2.36. The number of aryl methyl sites for hydroxylation is 1. The molecule has 0 atom stereocenters. The van der Waals surface area contributed by atoms with Crippen LogP contribution in [0.5, 0.6) is 0 Å². The number of hydrogen-bond donors (Lipinski definition) is 1. The van der Waals surface area contributed by atoms with Gasteiger partial charge >= 0.3 is 6.03 Å². The second-order valence-corrected chi connectivity index (χ2v) is 11.7. The topological polar surface area (TPSA) is 97.2 Å². The Hall–Kier alpha value is -1.64. The molecule has 4 saturated carbocycles. The van der Waals surface area contributed by atoms with Crippen LogP contribution < -0.4 is 5.32 Å². The van der Waals surface area contributed by atoms with E-state index in [1.165, 1.54) is 30.2 Å². The van der Waals surface area contributed by atoms with Crippen LogP contribution in [0.15, 0.2) is 11.5 Å². The molecule has 4 bridgehead atoms. The van der Waals surface area contributed by atoms with Crippen molar-refractivity contribution in [3.05, 3.63) is 6.33 Å². The van der Waals surface area contributed by atoms with Crippen LogP contribution in [-0.2, 0) is 16.9 Å². The van der Waals surface area contributed by atoms with E-state index in [4.69, 9.17) is 0 Å². The first-order chi connectivity index (χ1) is 13.3. The Morgan fingerprint density at radius 1 is 1.11 bits per heavy atom. The quantitative estimate of drug-likeness (QED) is 0.823. The van der Waals surface area contributed by atoms with Crippen LogP contribution in [0.2, 0.25) is 0 Å². The van der Waals surface area contributed by atoms with Crippen molar-refractivity contribution >= 4 is 15.9 Å². The highest BCUT2D eigenvalue weighted by atomic mass is 32.2. The van der Waals surface area contributed by atoms with Crippen molar-refractivity contribution in [2.75, 3.05) is 13.1 Å². The molecule has 2 amide bonds. The van der Waals surface area contributed by atoms with E-state index in [2.05, 4.69) is 15.5 Å². The van der Waals surface area contributed by atoms with Crippen LogP contribution in [0.4, 0.5) is 4.79 Å². The number of likely N-dealkylation sites (tertiary alicyclic amines) is 1. The zero-order chi connectivity index (χ0) is 19.5. The van der Waals surface area contributed by atoms with Crippen LogP contribution in [0.3, 0.4) is 0 Å². The summed E-state index contributed by atoms with van der Waals surface area (Å²) in [7, 11) is -1.87. The summed E-state index contributed by atoms with van der Waals surface area (Å²) < 4.78 is 27.1. The lowest BCUT2D eigenvalue weighted by molar-refractivity contribution is -0.0159. The Labute approximate surface area is 166 Å². The molecule has 28 heavy (non-hydrogen) atoms. The number of piperidine rings is 1. The molecular formula is C19H29N5O3S. The molecule has 5 fully saturated rings. The van der Waals surface area contributed by atoms with Crippen molar-refractivity contribution in [3.63, 3.8) is 0 Å². The minimum Gasteiger partial charge on any atom is -0.333 e. The van der Waals surface area contributed by atoms with Crippen molar-refractivity contribution in [1.29, 1.82) is 0 Å². The Balaban J connectivity index is 1.22. The number of amides is 2. The van der Waals surface area contributed by atoms with E-state index in [-0.39, 0.29) is 16.7 Å². The third-order valence-corrected chi connectivity index (χ3v) is 9.73. The van der Waals surface area contributed by atoms with E-state index in [1.807, 2.05) is 0 Å². The van der Waals surface area contributed by atoms with Crippen molar-refractivity contribution in [3.8, 4) is 0 Å². The smallest absolute Gasteiger partial charge is 0.317 e. The van der Waals surface area contributed by atoms with Gasteiger partial charge in [-0.15, -0.1) is 10.2 Å². The van der Waals surface area contributed by atoms with Crippen LogP contribution in [0, 0.1) is 17.8 Å². The van der Waals surface area contributed by atoms with E-state index in [0.717, 1.165) is 37.0 Å². The number of nitrogens with zero attached hydrogens (tertiary/aromatic N) is 4. The molecule has 0 aromatic carbocycles. The zero-order valence-electron chi connectivity index (χ0n) is 16.4. The van der Waals surface area contributed by atoms with Crippen LogP contribution in [-0.4, -0.2) is 58.0 Å². The maximum atomic E-state index is 13.0. The molecule has 1 aromatic rings. The van der Waals surface area contributed by atoms with Crippen LogP contribution in [0.1, 0.15) is 51.4 Å². The van der Waals surface area contributed by atoms with Gasteiger partial charge in [0.2, 0.25) is 15.0 Å². The summed E-state index contributed by atoms with van der Waals surface area (Å²) >= 11 is 0. The van der Waals surface area contributed by atoms with Gasteiger partial charge < -0.3 is 14.8 Å². The van der Waals surface area contributed by atoms with Gasteiger partial charge in [0.15, 0.2) is 0 Å². The van der Waals surface area contributed by atoms with Gasteiger partial charge in [-0.2, -0.15) is 0 Å². The second-order valence-electron chi connectivity index (χ2n) is 9.58. The molecule has 6 rings (SSSR count). The van der Waals surface area contributed by atoms with Gasteiger partial charge in [-0.3, -0.25) is 0 Å². The molecule has 8 nitrogen and oxygen atoms in total. The van der Waals surface area contributed by atoms with Crippen LogP contribution >= 0.6 is 0 Å². The monoisotopic (exact) mass is 407 g/mol. The van der Waals surface area contributed by atoms with Gasteiger partial charge in [-0.25, -0.2) is 13.2 Å². The fourth-order valence-electron chi connectivity index (χ4n) is 6.62. The van der Waals surface area contributed by atoms with Crippen molar-refractivity contribution < 1.29 is 13.2 Å². The molecule has 1 aromatic heterocycles. The molecule has 9 heteroatoms. The third-order valence-electron chi connectivity index (χ3n) is 7.50.